The van der Waals surface area contributed by atoms with Crippen molar-refractivity contribution in [3.63, 3.8) is 0 Å². The van der Waals surface area contributed by atoms with E-state index in [2.05, 4.69) is 39.6 Å². The molecule has 0 aliphatic carbocycles. The number of hydrogen-bond acceptors (Lipinski definition) is 4. The van der Waals surface area contributed by atoms with Crippen LogP contribution in [0, 0.1) is 19.8 Å². The predicted molar refractivity (Wildman–Crippen MR) is 91.2 cm³/mol. The second kappa shape index (κ2) is 7.93. The second-order valence-corrected chi connectivity index (χ2v) is 6.68. The number of thiazole rings is 1. The minimum Gasteiger partial charge on any atom is -0.356 e. The molecule has 0 radical (unpaired) electrons. The summed E-state index contributed by atoms with van der Waals surface area (Å²) in [6.07, 6.45) is 3.79. The van der Waals surface area contributed by atoms with Gasteiger partial charge in [-0.2, -0.15) is 5.10 Å². The number of aryl methyl sites for hydroxylation is 2. The lowest BCUT2D eigenvalue weighted by molar-refractivity contribution is 0.443. The first-order valence-electron chi connectivity index (χ1n) is 7.43. The Morgan fingerprint density at radius 2 is 2.23 bits per heavy atom. The quantitative estimate of drug-likeness (QED) is 0.631. The van der Waals surface area contributed by atoms with Crippen LogP contribution in [0.5, 0.6) is 0 Å². The molecule has 120 valence electrons. The number of nitrogens with one attached hydrogen (secondary N) is 2. The minimum atomic E-state index is 0.461. The summed E-state index contributed by atoms with van der Waals surface area (Å²) in [7, 11) is 1.78. The standard InChI is InChI=1S/C15H24N6S/c1-11(10-21-7-5-6-19-21)8-17-15(16-4)18-9-14-20-12(2)13(3)22-14/h5-7,11H,8-10H2,1-4H3,(H2,16,17,18). The van der Waals surface area contributed by atoms with Gasteiger partial charge in [-0.15, -0.1) is 11.3 Å². The van der Waals surface area contributed by atoms with E-state index in [1.165, 1.54) is 4.88 Å². The van der Waals surface area contributed by atoms with Crippen molar-refractivity contribution in [3.8, 4) is 0 Å². The molecular weight excluding hydrogens is 296 g/mol. The Hall–Kier alpha value is -1.89. The van der Waals surface area contributed by atoms with Gasteiger partial charge in [-0.1, -0.05) is 6.92 Å². The van der Waals surface area contributed by atoms with E-state index >= 15 is 0 Å². The van der Waals surface area contributed by atoms with Crippen molar-refractivity contribution in [3.05, 3.63) is 34.0 Å². The molecule has 0 aromatic carbocycles. The number of nitrogens with zero attached hydrogens (tertiary/aromatic N) is 4. The van der Waals surface area contributed by atoms with E-state index < -0.39 is 0 Å². The second-order valence-electron chi connectivity index (χ2n) is 5.39. The van der Waals surface area contributed by atoms with Gasteiger partial charge in [0.15, 0.2) is 5.96 Å². The summed E-state index contributed by atoms with van der Waals surface area (Å²) in [6, 6.07) is 1.94. The fourth-order valence-corrected chi connectivity index (χ4v) is 2.93. The zero-order chi connectivity index (χ0) is 15.9. The largest absolute Gasteiger partial charge is 0.356 e. The van der Waals surface area contributed by atoms with E-state index in [1.807, 2.05) is 23.9 Å². The first kappa shape index (κ1) is 16.5. The summed E-state index contributed by atoms with van der Waals surface area (Å²) in [4.78, 5) is 10.0. The Balaban J connectivity index is 1.75. The fraction of sp³-hybridized carbons (Fsp3) is 0.533. The molecule has 2 aromatic heterocycles. The summed E-state index contributed by atoms with van der Waals surface area (Å²) in [6.45, 7) is 8.76. The smallest absolute Gasteiger partial charge is 0.191 e. The Bertz CT molecular complexity index is 582. The van der Waals surface area contributed by atoms with Crippen molar-refractivity contribution in [2.45, 2.75) is 33.9 Å². The van der Waals surface area contributed by atoms with E-state index in [0.29, 0.717) is 12.5 Å². The lowest BCUT2D eigenvalue weighted by atomic mass is 10.2. The molecule has 0 aliphatic heterocycles. The van der Waals surface area contributed by atoms with E-state index in [1.54, 1.807) is 24.6 Å². The highest BCUT2D eigenvalue weighted by Gasteiger charge is 2.07. The van der Waals surface area contributed by atoms with Crippen LogP contribution in [-0.4, -0.2) is 34.3 Å². The van der Waals surface area contributed by atoms with Crippen molar-refractivity contribution >= 4 is 17.3 Å². The van der Waals surface area contributed by atoms with E-state index in [4.69, 9.17) is 0 Å². The number of guanidine groups is 1. The van der Waals surface area contributed by atoms with Gasteiger partial charge in [-0.3, -0.25) is 9.67 Å². The van der Waals surface area contributed by atoms with Crippen LogP contribution >= 0.6 is 11.3 Å². The van der Waals surface area contributed by atoms with Gasteiger partial charge in [0.2, 0.25) is 0 Å². The van der Waals surface area contributed by atoms with Gasteiger partial charge in [0, 0.05) is 37.4 Å². The Morgan fingerprint density at radius 1 is 1.41 bits per heavy atom. The molecule has 1 unspecified atom stereocenters. The van der Waals surface area contributed by atoms with Crippen molar-refractivity contribution in [2.75, 3.05) is 13.6 Å². The predicted octanol–water partition coefficient (Wildman–Crippen LogP) is 1.96. The summed E-state index contributed by atoms with van der Waals surface area (Å²) < 4.78 is 1.95. The molecule has 1 atom stereocenters. The number of hydrogen-bond donors (Lipinski definition) is 2. The van der Waals surface area contributed by atoms with Gasteiger partial charge >= 0.3 is 0 Å². The molecule has 0 saturated carbocycles. The third kappa shape index (κ3) is 4.84. The monoisotopic (exact) mass is 320 g/mol. The fourth-order valence-electron chi connectivity index (χ4n) is 2.06. The van der Waals surface area contributed by atoms with Crippen LogP contribution in [0.15, 0.2) is 23.5 Å². The molecule has 0 aliphatic rings. The SMILES string of the molecule is CN=C(NCc1nc(C)c(C)s1)NCC(C)Cn1cccn1. The lowest BCUT2D eigenvalue weighted by Gasteiger charge is -2.15. The molecule has 0 bridgehead atoms. The topological polar surface area (TPSA) is 67.1 Å². The molecule has 0 saturated heterocycles. The normalized spacial score (nSPS) is 13.2. The van der Waals surface area contributed by atoms with Gasteiger partial charge in [-0.25, -0.2) is 4.98 Å². The van der Waals surface area contributed by atoms with Crippen LogP contribution in [0.25, 0.3) is 0 Å². The molecule has 7 heteroatoms. The average molecular weight is 320 g/mol. The van der Waals surface area contributed by atoms with Crippen LogP contribution in [0.4, 0.5) is 0 Å². The van der Waals surface area contributed by atoms with Crippen LogP contribution in [0.3, 0.4) is 0 Å². The van der Waals surface area contributed by atoms with Gasteiger partial charge in [0.1, 0.15) is 5.01 Å². The third-order valence-corrected chi connectivity index (χ3v) is 4.45. The molecule has 2 heterocycles. The maximum atomic E-state index is 4.52. The molecule has 2 rings (SSSR count). The Kier molecular flexibility index (Phi) is 5.94. The van der Waals surface area contributed by atoms with Crippen molar-refractivity contribution in [1.29, 1.82) is 0 Å². The molecule has 0 amide bonds. The maximum Gasteiger partial charge on any atom is 0.191 e. The number of aliphatic imine (C=N–C) groups is 1. The van der Waals surface area contributed by atoms with Crippen LogP contribution < -0.4 is 10.6 Å². The summed E-state index contributed by atoms with van der Waals surface area (Å²) in [5, 5.41) is 12.0. The first-order valence-corrected chi connectivity index (χ1v) is 8.25. The maximum absolute atomic E-state index is 4.52. The lowest BCUT2D eigenvalue weighted by Crippen LogP contribution is -2.39. The average Bonchev–Trinajstić information content (AvgIpc) is 3.10. The highest BCUT2D eigenvalue weighted by atomic mass is 32.1. The molecular formula is C15H24N6S. The van der Waals surface area contributed by atoms with Crippen LogP contribution in [0.1, 0.15) is 22.5 Å². The van der Waals surface area contributed by atoms with E-state index in [-0.39, 0.29) is 0 Å². The van der Waals surface area contributed by atoms with Gasteiger partial charge in [-0.05, 0) is 25.8 Å². The molecule has 6 nitrogen and oxygen atoms in total. The number of rotatable bonds is 6. The molecule has 0 fully saturated rings. The number of aromatic nitrogens is 3. The molecule has 2 aromatic rings. The Labute approximate surface area is 135 Å². The highest BCUT2D eigenvalue weighted by Crippen LogP contribution is 2.15. The zero-order valence-corrected chi connectivity index (χ0v) is 14.4. The molecule has 0 spiro atoms. The first-order chi connectivity index (χ1) is 10.6. The van der Waals surface area contributed by atoms with Crippen molar-refractivity contribution in [2.24, 2.45) is 10.9 Å². The zero-order valence-electron chi connectivity index (χ0n) is 13.6. The Morgan fingerprint density at radius 3 is 2.82 bits per heavy atom. The molecule has 2 N–H and O–H groups in total. The minimum absolute atomic E-state index is 0.461. The van der Waals surface area contributed by atoms with Crippen molar-refractivity contribution < 1.29 is 0 Å². The summed E-state index contributed by atoms with van der Waals surface area (Å²) >= 11 is 1.73. The van der Waals surface area contributed by atoms with Crippen LogP contribution in [0.2, 0.25) is 0 Å². The summed E-state index contributed by atoms with van der Waals surface area (Å²) in [5.41, 5.74) is 1.11. The molecule has 22 heavy (non-hydrogen) atoms. The summed E-state index contributed by atoms with van der Waals surface area (Å²) in [5.74, 6) is 1.26. The van der Waals surface area contributed by atoms with Gasteiger partial charge in [0.05, 0.1) is 12.2 Å². The third-order valence-electron chi connectivity index (χ3n) is 3.38. The van der Waals surface area contributed by atoms with Crippen molar-refractivity contribution in [1.82, 2.24) is 25.4 Å². The highest BCUT2D eigenvalue weighted by molar-refractivity contribution is 7.11. The van der Waals surface area contributed by atoms with E-state index in [9.17, 15) is 0 Å². The van der Waals surface area contributed by atoms with Crippen LogP contribution in [-0.2, 0) is 13.1 Å². The van der Waals surface area contributed by atoms with E-state index in [0.717, 1.165) is 29.8 Å². The van der Waals surface area contributed by atoms with Gasteiger partial charge in [0.25, 0.3) is 0 Å². The van der Waals surface area contributed by atoms with Gasteiger partial charge < -0.3 is 10.6 Å².